The summed E-state index contributed by atoms with van der Waals surface area (Å²) in [5, 5.41) is 12.9. The molecule has 3 aromatic rings. The maximum Gasteiger partial charge on any atom is 0.573 e. The van der Waals surface area contributed by atoms with Crippen LogP contribution in [0.2, 0.25) is 0 Å². The summed E-state index contributed by atoms with van der Waals surface area (Å²) in [5.41, 5.74) is 0.889. The first-order chi connectivity index (χ1) is 14.9. The molecular weight excluding hydrogens is 432 g/mol. The number of ether oxygens (including phenoxy) is 1. The average molecular weight is 452 g/mol. The normalized spacial score (nSPS) is 11.8. The van der Waals surface area contributed by atoms with Crippen LogP contribution in [0.25, 0.3) is 10.9 Å². The van der Waals surface area contributed by atoms with Gasteiger partial charge in [0, 0.05) is 28.8 Å². The first-order valence-corrected chi connectivity index (χ1v) is 9.59. The molecule has 0 spiro atoms. The highest BCUT2D eigenvalue weighted by Crippen LogP contribution is 2.32. The number of hydrogen-bond donors (Lipinski definition) is 2. The van der Waals surface area contributed by atoms with E-state index in [2.05, 4.69) is 10.1 Å². The monoisotopic (exact) mass is 452 g/mol. The third-order valence-corrected chi connectivity index (χ3v) is 4.73. The highest BCUT2D eigenvalue weighted by molar-refractivity contribution is 6.05. The van der Waals surface area contributed by atoms with Crippen molar-refractivity contribution in [2.45, 2.75) is 39.6 Å². The molecule has 2 aromatic carbocycles. The van der Waals surface area contributed by atoms with Crippen molar-refractivity contribution in [1.82, 2.24) is 9.88 Å². The number of aromatic hydroxyl groups is 1. The Hall–Kier alpha value is -3.56. The van der Waals surface area contributed by atoms with Crippen LogP contribution in [0.5, 0.6) is 11.5 Å². The summed E-state index contributed by atoms with van der Waals surface area (Å²) in [6.45, 7) is 5.13. The van der Waals surface area contributed by atoms with E-state index in [0.29, 0.717) is 16.6 Å². The summed E-state index contributed by atoms with van der Waals surface area (Å²) in [4.78, 5) is 25.5. The van der Waals surface area contributed by atoms with E-state index in [1.807, 2.05) is 0 Å². The number of phenolic OH excluding ortho intramolecular Hbond substituents is 1. The van der Waals surface area contributed by atoms with Crippen molar-refractivity contribution in [3.05, 3.63) is 59.0 Å². The van der Waals surface area contributed by atoms with Crippen LogP contribution in [0.4, 0.5) is 17.6 Å². The van der Waals surface area contributed by atoms with E-state index in [9.17, 15) is 32.3 Å². The second kappa shape index (κ2) is 8.52. The summed E-state index contributed by atoms with van der Waals surface area (Å²) in [5.74, 6) is -3.07. The third-order valence-electron chi connectivity index (χ3n) is 4.73. The maximum absolute atomic E-state index is 14.1. The highest BCUT2D eigenvalue weighted by Gasteiger charge is 2.31. The number of carbonyl (C=O) groups is 2. The van der Waals surface area contributed by atoms with Gasteiger partial charge in [-0.15, -0.1) is 13.2 Å². The number of benzene rings is 2. The summed E-state index contributed by atoms with van der Waals surface area (Å²) in [7, 11) is 0. The molecule has 170 valence electrons. The van der Waals surface area contributed by atoms with Crippen molar-refractivity contribution in [2.75, 3.05) is 0 Å². The predicted octanol–water partition coefficient (Wildman–Crippen LogP) is 4.45. The SMILES string of the molecule is Cc1c(CC(=O)NC(C)C)c2cc(O)c(F)cc2n1C(=O)c1ccc(OC(F)(F)F)cc1. The molecule has 0 saturated heterocycles. The average Bonchev–Trinajstić information content (AvgIpc) is 2.91. The molecule has 0 radical (unpaired) electrons. The minimum atomic E-state index is -4.87. The molecule has 0 unspecified atom stereocenters. The molecule has 10 heteroatoms. The fraction of sp³-hybridized carbons (Fsp3) is 0.273. The van der Waals surface area contributed by atoms with Crippen molar-refractivity contribution >= 4 is 22.7 Å². The van der Waals surface area contributed by atoms with Crippen molar-refractivity contribution in [2.24, 2.45) is 0 Å². The molecule has 1 heterocycles. The summed E-state index contributed by atoms with van der Waals surface area (Å²) in [6, 6.07) is 6.27. The molecule has 32 heavy (non-hydrogen) atoms. The van der Waals surface area contributed by atoms with Crippen molar-refractivity contribution < 1.29 is 37.0 Å². The lowest BCUT2D eigenvalue weighted by Gasteiger charge is -2.11. The number of carbonyl (C=O) groups excluding carboxylic acids is 2. The minimum Gasteiger partial charge on any atom is -0.505 e. The van der Waals surface area contributed by atoms with Crippen LogP contribution < -0.4 is 10.1 Å². The van der Waals surface area contributed by atoms with E-state index in [1.54, 1.807) is 20.8 Å². The molecule has 0 aliphatic carbocycles. The molecule has 0 fully saturated rings. The van der Waals surface area contributed by atoms with E-state index < -0.39 is 29.6 Å². The van der Waals surface area contributed by atoms with Gasteiger partial charge in [0.25, 0.3) is 5.91 Å². The molecule has 0 saturated carbocycles. The first-order valence-electron chi connectivity index (χ1n) is 9.59. The topological polar surface area (TPSA) is 80.6 Å². The van der Waals surface area contributed by atoms with Gasteiger partial charge in [0.15, 0.2) is 11.6 Å². The highest BCUT2D eigenvalue weighted by atomic mass is 19.4. The lowest BCUT2D eigenvalue weighted by atomic mass is 10.1. The standard InChI is InChI=1S/C22H20F4N2O4/c1-11(2)27-20(30)9-15-12(3)28(18-10-17(23)19(29)8-16(15)18)21(31)13-4-6-14(7-5-13)32-22(24,25)26/h4-8,10-11,29H,9H2,1-3H3,(H,27,30). The van der Waals surface area contributed by atoms with E-state index in [1.165, 1.54) is 0 Å². The van der Waals surface area contributed by atoms with E-state index in [-0.39, 0.29) is 29.4 Å². The molecule has 0 aliphatic heterocycles. The number of aromatic nitrogens is 1. The van der Waals surface area contributed by atoms with Crippen LogP contribution in [0.3, 0.4) is 0 Å². The lowest BCUT2D eigenvalue weighted by molar-refractivity contribution is -0.274. The molecule has 1 amide bonds. The van der Waals surface area contributed by atoms with Gasteiger partial charge in [-0.05, 0) is 56.7 Å². The Kier molecular flexibility index (Phi) is 6.16. The summed E-state index contributed by atoms with van der Waals surface area (Å²) < 4.78 is 56.2. The predicted molar refractivity (Wildman–Crippen MR) is 108 cm³/mol. The van der Waals surface area contributed by atoms with Crippen LogP contribution in [-0.2, 0) is 11.2 Å². The Balaban J connectivity index is 2.07. The van der Waals surface area contributed by atoms with Crippen LogP contribution >= 0.6 is 0 Å². The maximum atomic E-state index is 14.1. The van der Waals surface area contributed by atoms with Gasteiger partial charge in [-0.25, -0.2) is 4.39 Å². The van der Waals surface area contributed by atoms with Gasteiger partial charge >= 0.3 is 6.36 Å². The second-order valence-corrected chi connectivity index (χ2v) is 7.50. The number of hydrogen-bond acceptors (Lipinski definition) is 4. The number of fused-ring (bicyclic) bond motifs is 1. The van der Waals surface area contributed by atoms with Crippen LogP contribution in [-0.4, -0.2) is 33.9 Å². The Morgan fingerprint density at radius 1 is 1.16 bits per heavy atom. The van der Waals surface area contributed by atoms with Crippen LogP contribution in [0, 0.1) is 12.7 Å². The third kappa shape index (κ3) is 4.84. The zero-order valence-corrected chi connectivity index (χ0v) is 17.4. The molecular formula is C22H20F4N2O4. The largest absolute Gasteiger partial charge is 0.573 e. The molecule has 0 atom stereocenters. The van der Waals surface area contributed by atoms with E-state index in [0.717, 1.165) is 41.0 Å². The fourth-order valence-corrected chi connectivity index (χ4v) is 3.44. The molecule has 2 N–H and O–H groups in total. The fourth-order valence-electron chi connectivity index (χ4n) is 3.44. The zero-order chi connectivity index (χ0) is 23.8. The Labute approximate surface area is 180 Å². The van der Waals surface area contributed by atoms with Crippen molar-refractivity contribution in [1.29, 1.82) is 0 Å². The Morgan fingerprint density at radius 3 is 2.34 bits per heavy atom. The summed E-state index contributed by atoms with van der Waals surface area (Å²) in [6.07, 6.45) is -4.99. The Bertz CT molecular complexity index is 1180. The van der Waals surface area contributed by atoms with E-state index >= 15 is 0 Å². The second-order valence-electron chi connectivity index (χ2n) is 7.50. The minimum absolute atomic E-state index is 0.0196. The number of nitrogens with zero attached hydrogens (tertiary/aromatic N) is 1. The van der Waals surface area contributed by atoms with Gasteiger partial charge in [0.1, 0.15) is 5.75 Å². The number of alkyl halides is 3. The van der Waals surface area contributed by atoms with Gasteiger partial charge in [-0.1, -0.05) is 0 Å². The van der Waals surface area contributed by atoms with Gasteiger partial charge in [0.05, 0.1) is 11.9 Å². The van der Waals surface area contributed by atoms with Crippen molar-refractivity contribution in [3.8, 4) is 11.5 Å². The van der Waals surface area contributed by atoms with Gasteiger partial charge in [-0.3, -0.25) is 14.2 Å². The van der Waals surface area contributed by atoms with E-state index in [4.69, 9.17) is 0 Å². The number of nitrogens with one attached hydrogen (secondary N) is 1. The number of amides is 1. The summed E-state index contributed by atoms with van der Waals surface area (Å²) >= 11 is 0. The smallest absolute Gasteiger partial charge is 0.505 e. The number of halogens is 4. The quantitative estimate of drug-likeness (QED) is 0.561. The van der Waals surface area contributed by atoms with Gasteiger partial charge < -0.3 is 15.2 Å². The van der Waals surface area contributed by atoms with Crippen LogP contribution in [0.1, 0.15) is 35.5 Å². The molecule has 6 nitrogen and oxygen atoms in total. The Morgan fingerprint density at radius 2 is 1.78 bits per heavy atom. The lowest BCUT2D eigenvalue weighted by Crippen LogP contribution is -2.31. The number of rotatable bonds is 5. The molecule has 0 aliphatic rings. The molecule has 3 rings (SSSR count). The van der Waals surface area contributed by atoms with Crippen LogP contribution in [0.15, 0.2) is 36.4 Å². The first kappa shape index (κ1) is 23.1. The zero-order valence-electron chi connectivity index (χ0n) is 17.4. The van der Waals surface area contributed by atoms with Gasteiger partial charge in [0.2, 0.25) is 5.91 Å². The number of phenols is 1. The van der Waals surface area contributed by atoms with Gasteiger partial charge in [-0.2, -0.15) is 0 Å². The van der Waals surface area contributed by atoms with Crippen molar-refractivity contribution in [3.63, 3.8) is 0 Å². The molecule has 0 bridgehead atoms. The molecule has 1 aromatic heterocycles.